The van der Waals surface area contributed by atoms with Gasteiger partial charge in [-0.2, -0.15) is 0 Å². The summed E-state index contributed by atoms with van der Waals surface area (Å²) in [5.41, 5.74) is 2.19. The van der Waals surface area contributed by atoms with Gasteiger partial charge in [-0.15, -0.1) is 0 Å². The summed E-state index contributed by atoms with van der Waals surface area (Å²) in [6, 6.07) is 12.8. The first-order valence-electron chi connectivity index (χ1n) is 9.40. The zero-order chi connectivity index (χ0) is 19.7. The van der Waals surface area contributed by atoms with Crippen LogP contribution in [0.15, 0.2) is 54.2 Å². The molecule has 2 aromatic carbocycles. The number of hydrogen-bond acceptors (Lipinski definition) is 3. The second kappa shape index (κ2) is 7.76. The van der Waals surface area contributed by atoms with E-state index in [9.17, 15) is 14.0 Å². The Balaban J connectivity index is 1.72. The lowest BCUT2D eigenvalue weighted by Crippen LogP contribution is -2.36. The first-order chi connectivity index (χ1) is 13.5. The smallest absolute Gasteiger partial charge is 0.278 e. The van der Waals surface area contributed by atoms with Crippen molar-refractivity contribution in [3.8, 4) is 0 Å². The summed E-state index contributed by atoms with van der Waals surface area (Å²) in [4.78, 5) is 29.7. The standard InChI is InChI=1S/C22H20ClFN2O2/c23-17-8-4-15(5-9-17)14-26-21(27)19(16-6-10-18(24)11-7-16)20(22(26)28)25-12-2-1-3-13-25/h4-11H,1-3,12-14H2. The predicted octanol–water partition coefficient (Wildman–Crippen LogP) is 4.25. The average molecular weight is 399 g/mol. The van der Waals surface area contributed by atoms with Crippen molar-refractivity contribution in [2.24, 2.45) is 0 Å². The van der Waals surface area contributed by atoms with Gasteiger partial charge < -0.3 is 4.90 Å². The Morgan fingerprint density at radius 3 is 2.14 bits per heavy atom. The third kappa shape index (κ3) is 3.54. The summed E-state index contributed by atoms with van der Waals surface area (Å²) < 4.78 is 13.4. The molecule has 4 rings (SSSR count). The van der Waals surface area contributed by atoms with Crippen molar-refractivity contribution in [2.45, 2.75) is 25.8 Å². The fraction of sp³-hybridized carbons (Fsp3) is 0.273. The van der Waals surface area contributed by atoms with E-state index in [1.165, 1.54) is 17.0 Å². The molecule has 0 atom stereocenters. The molecule has 0 aromatic heterocycles. The van der Waals surface area contributed by atoms with Gasteiger partial charge >= 0.3 is 0 Å². The van der Waals surface area contributed by atoms with Gasteiger partial charge in [0.25, 0.3) is 11.8 Å². The SMILES string of the molecule is O=C1C(c2ccc(F)cc2)=C(N2CCCCC2)C(=O)N1Cc1ccc(Cl)cc1. The molecule has 144 valence electrons. The third-order valence-corrected chi connectivity index (χ3v) is 5.45. The van der Waals surface area contributed by atoms with E-state index in [1.807, 2.05) is 4.90 Å². The lowest BCUT2D eigenvalue weighted by molar-refractivity contribution is -0.138. The molecule has 0 bridgehead atoms. The van der Waals surface area contributed by atoms with Crippen LogP contribution in [0.2, 0.25) is 5.02 Å². The normalized spacial score (nSPS) is 17.6. The van der Waals surface area contributed by atoms with E-state index in [4.69, 9.17) is 11.6 Å². The Morgan fingerprint density at radius 1 is 0.857 bits per heavy atom. The highest BCUT2D eigenvalue weighted by Crippen LogP contribution is 2.34. The van der Waals surface area contributed by atoms with Crippen LogP contribution in [-0.2, 0) is 16.1 Å². The molecule has 0 unspecified atom stereocenters. The van der Waals surface area contributed by atoms with Crippen molar-refractivity contribution in [3.63, 3.8) is 0 Å². The van der Waals surface area contributed by atoms with Gasteiger partial charge in [0, 0.05) is 18.1 Å². The second-order valence-electron chi connectivity index (χ2n) is 7.10. The van der Waals surface area contributed by atoms with E-state index < -0.39 is 0 Å². The maximum atomic E-state index is 13.4. The summed E-state index contributed by atoms with van der Waals surface area (Å²) in [7, 11) is 0. The molecule has 0 radical (unpaired) electrons. The van der Waals surface area contributed by atoms with Crippen LogP contribution in [0.3, 0.4) is 0 Å². The number of rotatable bonds is 4. The van der Waals surface area contributed by atoms with Gasteiger partial charge in [-0.1, -0.05) is 35.9 Å². The molecule has 0 saturated carbocycles. The Labute approximate surface area is 168 Å². The van der Waals surface area contributed by atoms with Crippen LogP contribution in [0.5, 0.6) is 0 Å². The first-order valence-corrected chi connectivity index (χ1v) is 9.78. The molecular weight excluding hydrogens is 379 g/mol. The van der Waals surface area contributed by atoms with Crippen molar-refractivity contribution in [3.05, 3.63) is 76.2 Å². The molecule has 1 fully saturated rings. The van der Waals surface area contributed by atoms with Crippen LogP contribution in [0.4, 0.5) is 4.39 Å². The topological polar surface area (TPSA) is 40.6 Å². The van der Waals surface area contributed by atoms with E-state index in [2.05, 4.69) is 0 Å². The van der Waals surface area contributed by atoms with Crippen molar-refractivity contribution in [1.82, 2.24) is 9.80 Å². The number of likely N-dealkylation sites (tertiary alicyclic amines) is 1. The Bertz CT molecular complexity index is 932. The first kappa shape index (κ1) is 18.7. The minimum atomic E-state index is -0.376. The van der Waals surface area contributed by atoms with Gasteiger partial charge in [0.15, 0.2) is 0 Å². The van der Waals surface area contributed by atoms with E-state index in [0.29, 0.717) is 21.9 Å². The number of imide groups is 1. The Morgan fingerprint density at radius 2 is 1.50 bits per heavy atom. The van der Waals surface area contributed by atoms with Crippen LogP contribution >= 0.6 is 11.6 Å². The Kier molecular flexibility index (Phi) is 5.18. The largest absolute Gasteiger partial charge is 0.366 e. The predicted molar refractivity (Wildman–Crippen MR) is 106 cm³/mol. The average Bonchev–Trinajstić information content (AvgIpc) is 2.95. The van der Waals surface area contributed by atoms with E-state index in [1.54, 1.807) is 36.4 Å². The van der Waals surface area contributed by atoms with Crippen LogP contribution in [0, 0.1) is 5.82 Å². The van der Waals surface area contributed by atoms with Gasteiger partial charge in [0.2, 0.25) is 0 Å². The van der Waals surface area contributed by atoms with Crippen molar-refractivity contribution in [2.75, 3.05) is 13.1 Å². The molecule has 2 aliphatic heterocycles. The quantitative estimate of drug-likeness (QED) is 0.723. The van der Waals surface area contributed by atoms with Crippen molar-refractivity contribution in [1.29, 1.82) is 0 Å². The number of carbonyl (C=O) groups is 2. The van der Waals surface area contributed by atoms with Crippen molar-refractivity contribution >= 4 is 29.0 Å². The molecule has 0 aliphatic carbocycles. The number of hydrogen-bond donors (Lipinski definition) is 0. The maximum absolute atomic E-state index is 13.4. The molecule has 2 heterocycles. The summed E-state index contributed by atoms with van der Waals surface area (Å²) in [6.45, 7) is 1.67. The van der Waals surface area contributed by atoms with Gasteiger partial charge in [0.1, 0.15) is 11.5 Å². The zero-order valence-corrected chi connectivity index (χ0v) is 16.1. The molecule has 2 aromatic rings. The molecule has 4 nitrogen and oxygen atoms in total. The fourth-order valence-electron chi connectivity index (χ4n) is 3.77. The molecule has 0 spiro atoms. The molecular formula is C22H20ClFN2O2. The van der Waals surface area contributed by atoms with Gasteiger partial charge in [-0.3, -0.25) is 14.5 Å². The van der Waals surface area contributed by atoms with Gasteiger partial charge in [-0.25, -0.2) is 4.39 Å². The van der Waals surface area contributed by atoms with Crippen LogP contribution in [-0.4, -0.2) is 34.7 Å². The van der Waals surface area contributed by atoms with E-state index >= 15 is 0 Å². The highest BCUT2D eigenvalue weighted by molar-refractivity contribution is 6.35. The van der Waals surface area contributed by atoms with Crippen LogP contribution in [0.25, 0.3) is 5.57 Å². The fourth-order valence-corrected chi connectivity index (χ4v) is 3.89. The lowest BCUT2D eigenvalue weighted by Gasteiger charge is -2.29. The van der Waals surface area contributed by atoms with Gasteiger partial charge in [0.05, 0.1) is 12.1 Å². The summed E-state index contributed by atoms with van der Waals surface area (Å²) in [5.74, 6) is -1.01. The second-order valence-corrected chi connectivity index (χ2v) is 7.54. The monoisotopic (exact) mass is 398 g/mol. The number of halogens is 2. The minimum absolute atomic E-state index is 0.177. The molecule has 0 N–H and O–H groups in total. The van der Waals surface area contributed by atoms with Gasteiger partial charge in [-0.05, 0) is 54.7 Å². The lowest BCUT2D eigenvalue weighted by atomic mass is 10.0. The molecule has 2 amide bonds. The van der Waals surface area contributed by atoms with Crippen LogP contribution < -0.4 is 0 Å². The number of benzene rings is 2. The molecule has 2 aliphatic rings. The molecule has 28 heavy (non-hydrogen) atoms. The third-order valence-electron chi connectivity index (χ3n) is 5.20. The van der Waals surface area contributed by atoms with Crippen molar-refractivity contribution < 1.29 is 14.0 Å². The minimum Gasteiger partial charge on any atom is -0.366 e. The molecule has 1 saturated heterocycles. The summed E-state index contributed by atoms with van der Waals surface area (Å²) in [5, 5.41) is 0.599. The number of carbonyl (C=O) groups excluding carboxylic acids is 2. The number of piperidine rings is 1. The highest BCUT2D eigenvalue weighted by Gasteiger charge is 2.41. The summed E-state index contributed by atoms with van der Waals surface area (Å²) >= 11 is 5.93. The number of nitrogens with zero attached hydrogens (tertiary/aromatic N) is 2. The van der Waals surface area contributed by atoms with E-state index in [-0.39, 0.29) is 24.2 Å². The maximum Gasteiger partial charge on any atom is 0.278 e. The molecule has 6 heteroatoms. The number of amides is 2. The van der Waals surface area contributed by atoms with Crippen LogP contribution in [0.1, 0.15) is 30.4 Å². The summed E-state index contributed by atoms with van der Waals surface area (Å²) in [6.07, 6.45) is 3.09. The Hall–Kier alpha value is -2.66. The zero-order valence-electron chi connectivity index (χ0n) is 15.3. The van der Waals surface area contributed by atoms with E-state index in [0.717, 1.165) is 37.9 Å². The highest BCUT2D eigenvalue weighted by atomic mass is 35.5.